The molecule has 1 N–H and O–H groups in total. The lowest BCUT2D eigenvalue weighted by Gasteiger charge is -2.10. The molecular formula is C22H18ClN3OS. The summed E-state index contributed by atoms with van der Waals surface area (Å²) in [4.78, 5) is 14.1. The number of rotatable bonds is 4. The van der Waals surface area contributed by atoms with Crippen LogP contribution in [0.5, 0.6) is 0 Å². The van der Waals surface area contributed by atoms with Crippen molar-refractivity contribution in [2.75, 3.05) is 5.32 Å². The maximum absolute atomic E-state index is 13.1. The second kappa shape index (κ2) is 7.62. The van der Waals surface area contributed by atoms with Crippen molar-refractivity contribution in [3.8, 4) is 16.3 Å². The summed E-state index contributed by atoms with van der Waals surface area (Å²) in [7, 11) is 0. The number of aryl methyl sites for hydroxylation is 2. The van der Waals surface area contributed by atoms with Crippen LogP contribution in [0.1, 0.15) is 21.6 Å². The predicted molar refractivity (Wildman–Crippen MR) is 116 cm³/mol. The number of hydrogen-bond acceptors (Lipinski definition) is 3. The molecule has 0 aliphatic heterocycles. The largest absolute Gasteiger partial charge is 0.321 e. The van der Waals surface area contributed by atoms with Gasteiger partial charge in [0.2, 0.25) is 0 Å². The monoisotopic (exact) mass is 407 g/mol. The predicted octanol–water partition coefficient (Wildman–Crippen LogP) is 6.12. The van der Waals surface area contributed by atoms with E-state index in [-0.39, 0.29) is 5.91 Å². The second-order valence-electron chi connectivity index (χ2n) is 6.51. The maximum Gasteiger partial charge on any atom is 0.274 e. The Kier molecular flexibility index (Phi) is 5.03. The van der Waals surface area contributed by atoms with Gasteiger partial charge >= 0.3 is 0 Å². The number of hydrogen-bond donors (Lipinski definition) is 1. The number of benzene rings is 2. The van der Waals surface area contributed by atoms with Crippen LogP contribution < -0.4 is 5.32 Å². The molecule has 2 heterocycles. The Hall–Kier alpha value is -2.89. The molecule has 2 aromatic carbocycles. The van der Waals surface area contributed by atoms with Crippen molar-refractivity contribution in [3.63, 3.8) is 0 Å². The van der Waals surface area contributed by atoms with Gasteiger partial charge in [-0.2, -0.15) is 5.10 Å². The van der Waals surface area contributed by atoms with E-state index in [0.29, 0.717) is 16.4 Å². The molecule has 0 aliphatic carbocycles. The Balaban J connectivity index is 1.77. The molecule has 0 atom stereocenters. The van der Waals surface area contributed by atoms with Gasteiger partial charge in [-0.3, -0.25) is 4.79 Å². The van der Waals surface area contributed by atoms with Gasteiger partial charge in [0.25, 0.3) is 5.91 Å². The molecule has 0 saturated carbocycles. The van der Waals surface area contributed by atoms with Gasteiger partial charge in [0.05, 0.1) is 15.6 Å². The summed E-state index contributed by atoms with van der Waals surface area (Å²) in [5.74, 6) is -0.238. The maximum atomic E-state index is 13.1. The van der Waals surface area contributed by atoms with Crippen LogP contribution in [0, 0.1) is 13.8 Å². The van der Waals surface area contributed by atoms with E-state index in [4.69, 9.17) is 11.6 Å². The molecular weight excluding hydrogens is 390 g/mol. The third-order valence-electron chi connectivity index (χ3n) is 4.56. The fourth-order valence-electron chi connectivity index (χ4n) is 2.91. The van der Waals surface area contributed by atoms with Crippen molar-refractivity contribution < 1.29 is 4.79 Å². The van der Waals surface area contributed by atoms with E-state index in [1.54, 1.807) is 28.2 Å². The normalized spacial score (nSPS) is 10.8. The molecule has 4 rings (SSSR count). The zero-order chi connectivity index (χ0) is 19.7. The topological polar surface area (TPSA) is 46.9 Å². The van der Waals surface area contributed by atoms with E-state index in [1.807, 2.05) is 67.8 Å². The Labute approximate surface area is 172 Å². The van der Waals surface area contributed by atoms with Gasteiger partial charge in [0, 0.05) is 5.69 Å². The highest BCUT2D eigenvalue weighted by molar-refractivity contribution is 7.13. The second-order valence-corrected chi connectivity index (χ2v) is 7.86. The van der Waals surface area contributed by atoms with Gasteiger partial charge < -0.3 is 5.32 Å². The molecule has 2 aromatic heterocycles. The lowest BCUT2D eigenvalue weighted by molar-refractivity contribution is 0.101. The standard InChI is InChI=1S/C22H18ClN3OS/c1-14-9-10-16(12-15(14)2)24-22(27)20-13-18(21-8-5-11-28-21)25-26(20)19-7-4-3-6-17(19)23/h3-13H,1-2H3,(H,24,27). The lowest BCUT2D eigenvalue weighted by atomic mass is 10.1. The molecule has 0 fully saturated rings. The first-order valence-corrected chi connectivity index (χ1v) is 10.1. The van der Waals surface area contributed by atoms with Crippen molar-refractivity contribution in [2.45, 2.75) is 13.8 Å². The molecule has 1 amide bonds. The van der Waals surface area contributed by atoms with E-state index in [0.717, 1.165) is 21.8 Å². The summed E-state index contributed by atoms with van der Waals surface area (Å²) in [6.45, 7) is 4.06. The highest BCUT2D eigenvalue weighted by atomic mass is 35.5. The molecule has 0 spiro atoms. The molecule has 140 valence electrons. The van der Waals surface area contributed by atoms with Crippen LogP contribution in [0.3, 0.4) is 0 Å². The average Bonchev–Trinajstić information content (AvgIpc) is 3.34. The number of aromatic nitrogens is 2. The lowest BCUT2D eigenvalue weighted by Crippen LogP contribution is -2.17. The smallest absolute Gasteiger partial charge is 0.274 e. The highest BCUT2D eigenvalue weighted by Gasteiger charge is 2.19. The third-order valence-corrected chi connectivity index (χ3v) is 5.77. The average molecular weight is 408 g/mol. The van der Waals surface area contributed by atoms with Gasteiger partial charge in [0.15, 0.2) is 0 Å². The number of para-hydroxylation sites is 1. The van der Waals surface area contributed by atoms with E-state index < -0.39 is 0 Å². The zero-order valence-corrected chi connectivity index (χ0v) is 17.0. The Morgan fingerprint density at radius 1 is 1.04 bits per heavy atom. The number of thiophene rings is 1. The molecule has 0 saturated heterocycles. The van der Waals surface area contributed by atoms with Crippen molar-refractivity contribution >= 4 is 34.5 Å². The first kappa shape index (κ1) is 18.5. The van der Waals surface area contributed by atoms with Crippen LogP contribution in [0.4, 0.5) is 5.69 Å². The van der Waals surface area contributed by atoms with Crippen LogP contribution in [-0.2, 0) is 0 Å². The highest BCUT2D eigenvalue weighted by Crippen LogP contribution is 2.28. The first-order valence-electron chi connectivity index (χ1n) is 8.80. The summed E-state index contributed by atoms with van der Waals surface area (Å²) in [6.07, 6.45) is 0. The third kappa shape index (κ3) is 3.59. The van der Waals surface area contributed by atoms with E-state index >= 15 is 0 Å². The number of anilines is 1. The first-order chi connectivity index (χ1) is 13.5. The van der Waals surface area contributed by atoms with Crippen molar-refractivity contribution in [1.29, 1.82) is 0 Å². The minimum atomic E-state index is -0.238. The summed E-state index contributed by atoms with van der Waals surface area (Å²) in [6, 6.07) is 19.0. The minimum absolute atomic E-state index is 0.238. The Morgan fingerprint density at radius 2 is 1.86 bits per heavy atom. The summed E-state index contributed by atoms with van der Waals surface area (Å²) >= 11 is 7.95. The fraction of sp³-hybridized carbons (Fsp3) is 0.0909. The molecule has 0 aliphatic rings. The van der Waals surface area contributed by atoms with E-state index in [9.17, 15) is 4.79 Å². The molecule has 4 aromatic rings. The van der Waals surface area contributed by atoms with Crippen molar-refractivity contribution in [1.82, 2.24) is 9.78 Å². The van der Waals surface area contributed by atoms with Gasteiger partial charge in [-0.1, -0.05) is 35.9 Å². The summed E-state index contributed by atoms with van der Waals surface area (Å²) < 4.78 is 1.60. The number of amides is 1. The molecule has 0 bridgehead atoms. The van der Waals surface area contributed by atoms with Gasteiger partial charge in [-0.25, -0.2) is 4.68 Å². The van der Waals surface area contributed by atoms with Crippen LogP contribution >= 0.6 is 22.9 Å². The zero-order valence-electron chi connectivity index (χ0n) is 15.4. The van der Waals surface area contributed by atoms with Crippen molar-refractivity contribution in [2.24, 2.45) is 0 Å². The van der Waals surface area contributed by atoms with E-state index in [1.165, 1.54) is 5.56 Å². The Morgan fingerprint density at radius 3 is 2.57 bits per heavy atom. The minimum Gasteiger partial charge on any atom is -0.321 e. The Bertz CT molecular complexity index is 1150. The molecule has 28 heavy (non-hydrogen) atoms. The molecule has 0 unspecified atom stereocenters. The fourth-order valence-corrected chi connectivity index (χ4v) is 3.81. The number of carbonyl (C=O) groups excluding carboxylic acids is 1. The summed E-state index contributed by atoms with van der Waals surface area (Å²) in [5, 5.41) is 10.2. The number of nitrogens with one attached hydrogen (secondary N) is 1. The van der Waals surface area contributed by atoms with Crippen LogP contribution in [-0.4, -0.2) is 15.7 Å². The molecule has 4 nitrogen and oxygen atoms in total. The van der Waals surface area contributed by atoms with Crippen LogP contribution in [0.2, 0.25) is 5.02 Å². The number of nitrogens with zero attached hydrogens (tertiary/aromatic N) is 2. The van der Waals surface area contributed by atoms with Crippen LogP contribution in [0.25, 0.3) is 16.3 Å². The number of carbonyl (C=O) groups is 1. The summed E-state index contributed by atoms with van der Waals surface area (Å²) in [5.41, 5.74) is 4.88. The van der Waals surface area contributed by atoms with Gasteiger partial charge in [-0.05, 0) is 66.8 Å². The van der Waals surface area contributed by atoms with Gasteiger partial charge in [-0.15, -0.1) is 11.3 Å². The van der Waals surface area contributed by atoms with Gasteiger partial charge in [0.1, 0.15) is 11.4 Å². The molecule has 6 heteroatoms. The SMILES string of the molecule is Cc1ccc(NC(=O)c2cc(-c3cccs3)nn2-c2ccccc2Cl)cc1C. The number of halogens is 1. The molecule has 0 radical (unpaired) electrons. The van der Waals surface area contributed by atoms with Crippen molar-refractivity contribution in [3.05, 3.63) is 87.9 Å². The quantitative estimate of drug-likeness (QED) is 0.442. The van der Waals surface area contributed by atoms with E-state index in [2.05, 4.69) is 10.4 Å². The van der Waals surface area contributed by atoms with Crippen LogP contribution in [0.15, 0.2) is 66.0 Å².